The number of piperidine rings is 2. The number of rotatable bonds is 13. The van der Waals surface area contributed by atoms with E-state index in [0.717, 1.165) is 99.1 Å². The lowest BCUT2D eigenvalue weighted by Crippen LogP contribution is -2.56. The number of piperazine rings is 1. The molecule has 15 nitrogen and oxygen atoms in total. The molecule has 380 valence electrons. The predicted octanol–water partition coefficient (Wildman–Crippen LogP) is 9.13. The van der Waals surface area contributed by atoms with Crippen molar-refractivity contribution in [3.63, 3.8) is 0 Å². The van der Waals surface area contributed by atoms with Gasteiger partial charge >= 0.3 is 0 Å². The number of hydrogen-bond acceptors (Lipinski definition) is 13. The van der Waals surface area contributed by atoms with E-state index in [2.05, 4.69) is 76.0 Å². The van der Waals surface area contributed by atoms with Crippen LogP contribution in [0.2, 0.25) is 0 Å². The number of benzene rings is 3. The van der Waals surface area contributed by atoms with Crippen LogP contribution >= 0.6 is 23.1 Å². The van der Waals surface area contributed by atoms with Gasteiger partial charge in [-0.3, -0.25) is 29.6 Å². The number of carbonyl (C=O) groups excluding carboxylic acids is 3. The minimum absolute atomic E-state index is 0.0307. The van der Waals surface area contributed by atoms with Crippen LogP contribution in [0.5, 0.6) is 5.75 Å². The number of amides is 3. The fraction of sp³-hybridized carbons (Fsp3) is 0.472. The fourth-order valence-electron chi connectivity index (χ4n) is 12.2. The Balaban J connectivity index is 0.744. The Morgan fingerprint density at radius 2 is 1.64 bits per heavy atom. The third-order valence-corrected chi connectivity index (χ3v) is 18.0. The average molecular weight is 1070 g/mol. The number of nitrogens with one attached hydrogen (secondary N) is 4. The molecule has 2 saturated carbocycles. The van der Waals surface area contributed by atoms with Gasteiger partial charge in [0, 0.05) is 103 Å². The lowest BCUT2D eigenvalue weighted by atomic mass is 9.82. The van der Waals surface area contributed by atoms with Gasteiger partial charge in [-0.25, -0.2) is 13.8 Å². The molecule has 5 heterocycles. The Labute approximate surface area is 427 Å². The van der Waals surface area contributed by atoms with Gasteiger partial charge < -0.3 is 35.1 Å². The Morgan fingerprint density at radius 1 is 0.917 bits per heavy atom. The van der Waals surface area contributed by atoms with Crippen molar-refractivity contribution in [3.05, 3.63) is 87.7 Å². The zero-order valence-corrected chi connectivity index (χ0v) is 44.0. The molecule has 10 rings (SSSR count). The summed E-state index contributed by atoms with van der Waals surface area (Å²) in [5.41, 5.74) is 4.49. The summed E-state index contributed by atoms with van der Waals surface area (Å²) < 4.78 is 51.1. The number of fused-ring (bicyclic) bond motifs is 3. The number of ether oxygens (including phenoxy) is 1. The highest BCUT2D eigenvalue weighted by atomic mass is 79.9. The Bertz CT molecular complexity index is 3000. The van der Waals surface area contributed by atoms with Crippen molar-refractivity contribution in [3.8, 4) is 5.75 Å². The van der Waals surface area contributed by atoms with Gasteiger partial charge in [0.15, 0.2) is 0 Å². The number of nitrogens with zero attached hydrogens (tertiary/aromatic N) is 6. The van der Waals surface area contributed by atoms with Crippen LogP contribution in [-0.2, 0) is 25.4 Å². The summed E-state index contributed by atoms with van der Waals surface area (Å²) in [5.74, 6) is -2.06. The van der Waals surface area contributed by atoms with Gasteiger partial charge in [-0.05, 0) is 136 Å². The SMILES string of the molecule is CCc1cc(Nc2ncc(Br)c(Nc3ccc4nc(C)ccc4c3P(C)(C)=O)n2)c(OC)cc1N1CCC(N2CCN(C(=O)C34CCC(Nc5cc(F)c(C6CCC(=O)NC6=O)c(F)c5)(CC3)C4)CC2)CC1. The molecule has 0 spiro atoms. The van der Waals surface area contributed by atoms with Crippen molar-refractivity contribution >= 4 is 91.5 Å². The molecule has 72 heavy (non-hydrogen) atoms. The summed E-state index contributed by atoms with van der Waals surface area (Å²) in [7, 11) is -1.09. The molecule has 3 aliphatic heterocycles. The number of hydrogen-bond donors (Lipinski definition) is 4. The summed E-state index contributed by atoms with van der Waals surface area (Å²) in [6, 6.07) is 14.9. The maximum Gasteiger partial charge on any atom is 0.234 e. The lowest BCUT2D eigenvalue weighted by molar-refractivity contribution is -0.144. The molecule has 3 saturated heterocycles. The van der Waals surface area contributed by atoms with E-state index in [9.17, 15) is 18.9 Å². The first-order valence-corrected chi connectivity index (χ1v) is 28.5. The van der Waals surface area contributed by atoms with Gasteiger partial charge in [0.05, 0.1) is 39.8 Å². The van der Waals surface area contributed by atoms with Gasteiger partial charge in [0.2, 0.25) is 23.7 Å². The average Bonchev–Trinajstić information content (AvgIpc) is 3.92. The molecule has 19 heteroatoms. The second kappa shape index (κ2) is 19.6. The van der Waals surface area contributed by atoms with Crippen LogP contribution in [0.3, 0.4) is 0 Å². The lowest BCUT2D eigenvalue weighted by Gasteiger charge is -2.45. The van der Waals surface area contributed by atoms with E-state index < -0.39 is 47.5 Å². The largest absolute Gasteiger partial charge is 0.494 e. The third-order valence-electron chi connectivity index (χ3n) is 15.8. The first-order chi connectivity index (χ1) is 34.4. The van der Waals surface area contributed by atoms with E-state index >= 15 is 8.78 Å². The Kier molecular flexibility index (Phi) is 13.6. The highest BCUT2D eigenvalue weighted by Gasteiger charge is 2.59. The quantitative estimate of drug-likeness (QED) is 0.0650. The van der Waals surface area contributed by atoms with E-state index in [0.29, 0.717) is 64.2 Å². The minimum Gasteiger partial charge on any atom is -0.494 e. The first kappa shape index (κ1) is 49.9. The molecule has 3 aromatic carbocycles. The molecule has 1 unspecified atom stereocenters. The van der Waals surface area contributed by atoms with Crippen LogP contribution in [0.1, 0.15) is 87.4 Å². The van der Waals surface area contributed by atoms with Crippen LogP contribution in [0.25, 0.3) is 10.9 Å². The number of halogens is 3. The molecular weight excluding hydrogens is 1010 g/mol. The normalized spacial score (nSPS) is 22.9. The van der Waals surface area contributed by atoms with Crippen molar-refractivity contribution in [1.29, 1.82) is 0 Å². The highest BCUT2D eigenvalue weighted by molar-refractivity contribution is 9.10. The summed E-state index contributed by atoms with van der Waals surface area (Å²) in [4.78, 5) is 59.5. The smallest absolute Gasteiger partial charge is 0.234 e. The molecule has 5 fully saturated rings. The third kappa shape index (κ3) is 9.66. The maximum absolute atomic E-state index is 15.4. The standard InChI is InChI=1S/C53H62BrF2N10O5P/c1-6-32-25-42(60-51-57-29-37(54)48(62-51)59-41-11-10-40-35(8-7-31(2)58-40)47(41)72(4,5)70)44(71-3)28-43(32)65-19-13-34(14-20-65)64-21-23-66(24-22-64)50(69)52-15-17-53(30-52,18-16-52)63-33-26-38(55)46(39(56)27-33)36-9-12-45(67)61-49(36)68/h7-8,10-11,25-29,34,36,63H,6,9,12-24,30H2,1-5H3,(H,61,67,68)(H2,57,59,60,62). The molecule has 5 aromatic rings. The van der Waals surface area contributed by atoms with Gasteiger partial charge in [0.1, 0.15) is 30.3 Å². The van der Waals surface area contributed by atoms with Crippen molar-refractivity contribution < 1.29 is 32.5 Å². The highest BCUT2D eigenvalue weighted by Crippen LogP contribution is 2.58. The van der Waals surface area contributed by atoms with E-state index in [1.807, 2.05) is 36.1 Å². The fourth-order valence-corrected chi connectivity index (χ4v) is 14.0. The second-order valence-corrected chi connectivity index (χ2v) is 24.8. The molecule has 2 aliphatic carbocycles. The number of aryl methyl sites for hydroxylation is 2. The number of imide groups is 1. The number of anilines is 6. The number of carbonyl (C=O) groups is 3. The Morgan fingerprint density at radius 3 is 2.31 bits per heavy atom. The molecule has 0 radical (unpaired) electrons. The number of aromatic nitrogens is 3. The van der Waals surface area contributed by atoms with Crippen molar-refractivity contribution in [1.82, 2.24) is 30.1 Å². The molecule has 3 amide bonds. The zero-order valence-electron chi connectivity index (χ0n) is 41.5. The maximum atomic E-state index is 15.4. The Hall–Kier alpha value is -5.71. The summed E-state index contributed by atoms with van der Waals surface area (Å²) in [6.45, 7) is 12.4. The molecule has 2 aromatic heterocycles. The van der Waals surface area contributed by atoms with Gasteiger partial charge in [-0.15, -0.1) is 0 Å². The molecular formula is C53H62BrF2N10O5P. The number of methoxy groups -OCH3 is 1. The predicted molar refractivity (Wildman–Crippen MR) is 281 cm³/mol. The van der Waals surface area contributed by atoms with Crippen LogP contribution < -0.4 is 36.2 Å². The van der Waals surface area contributed by atoms with Crippen molar-refractivity contribution in [2.75, 3.05) is 80.6 Å². The summed E-state index contributed by atoms with van der Waals surface area (Å²) >= 11 is 3.62. The van der Waals surface area contributed by atoms with E-state index in [1.165, 1.54) is 17.7 Å². The molecule has 2 bridgehead atoms. The topological polar surface area (TPSA) is 174 Å². The molecule has 5 aliphatic rings. The van der Waals surface area contributed by atoms with Gasteiger partial charge in [0.25, 0.3) is 0 Å². The summed E-state index contributed by atoms with van der Waals surface area (Å²) in [6.07, 6.45) is 8.11. The monoisotopic (exact) mass is 1070 g/mol. The summed E-state index contributed by atoms with van der Waals surface area (Å²) in [5, 5.41) is 14.0. The van der Waals surface area contributed by atoms with Crippen molar-refractivity contribution in [2.24, 2.45) is 5.41 Å². The van der Waals surface area contributed by atoms with Crippen LogP contribution in [0.15, 0.2) is 59.2 Å². The van der Waals surface area contributed by atoms with Crippen LogP contribution in [0.4, 0.5) is 43.3 Å². The van der Waals surface area contributed by atoms with E-state index in [1.54, 1.807) is 26.6 Å². The van der Waals surface area contributed by atoms with Gasteiger partial charge in [-0.2, -0.15) is 4.98 Å². The second-order valence-electron chi connectivity index (χ2n) is 20.8. The minimum atomic E-state index is -2.75. The first-order valence-electron chi connectivity index (χ1n) is 25.1. The van der Waals surface area contributed by atoms with Gasteiger partial charge in [-0.1, -0.05) is 13.0 Å². The van der Waals surface area contributed by atoms with Crippen LogP contribution in [-0.4, -0.2) is 114 Å². The van der Waals surface area contributed by atoms with E-state index in [-0.39, 0.29) is 24.3 Å². The molecule has 4 N–H and O–H groups in total. The van der Waals surface area contributed by atoms with Crippen molar-refractivity contribution in [2.45, 2.75) is 95.6 Å². The number of pyridine rings is 1. The van der Waals surface area contributed by atoms with Crippen LogP contribution in [0, 0.1) is 24.0 Å². The van der Waals surface area contributed by atoms with E-state index in [4.69, 9.17) is 9.72 Å². The zero-order chi connectivity index (χ0) is 50.7. The molecule has 1 atom stereocenters.